The van der Waals surface area contributed by atoms with Crippen LogP contribution < -0.4 is 21.5 Å². The third-order valence-corrected chi connectivity index (χ3v) is 5.47. The summed E-state index contributed by atoms with van der Waals surface area (Å²) in [7, 11) is 1.65. The maximum atomic E-state index is 13.3. The van der Waals surface area contributed by atoms with Gasteiger partial charge in [-0.2, -0.15) is 0 Å². The number of halogens is 1. The number of anilines is 2. The molecule has 31 heavy (non-hydrogen) atoms. The van der Waals surface area contributed by atoms with E-state index in [1.165, 1.54) is 9.13 Å². The summed E-state index contributed by atoms with van der Waals surface area (Å²) < 4.78 is 8.92. The van der Waals surface area contributed by atoms with Crippen molar-refractivity contribution in [3.05, 3.63) is 98.2 Å². The van der Waals surface area contributed by atoms with Gasteiger partial charge < -0.3 is 15.0 Å². The second-order valence-electron chi connectivity index (χ2n) is 7.51. The molecule has 1 atom stereocenters. The molecule has 2 heterocycles. The number of nitrogens with one attached hydrogen (secondary N) is 1. The third kappa shape index (κ3) is 4.01. The molecule has 1 unspecified atom stereocenters. The summed E-state index contributed by atoms with van der Waals surface area (Å²) in [6.07, 6.45) is 7.38. The largest absolute Gasteiger partial charge is 0.435 e. The number of ether oxygens (including phenoxy) is 1. The topological polar surface area (TPSA) is 68.5 Å². The highest BCUT2D eigenvalue weighted by Crippen LogP contribution is 2.33. The van der Waals surface area contributed by atoms with Crippen LogP contribution in [-0.4, -0.2) is 15.5 Å². The van der Waals surface area contributed by atoms with Gasteiger partial charge in [0.05, 0.1) is 17.7 Å². The van der Waals surface area contributed by atoms with Crippen LogP contribution in [0.2, 0.25) is 5.02 Å². The number of hydrogen-bond acceptors (Lipinski definition) is 5. The van der Waals surface area contributed by atoms with Crippen molar-refractivity contribution >= 4 is 23.1 Å². The molecule has 2 aliphatic rings. The summed E-state index contributed by atoms with van der Waals surface area (Å²) in [5.74, 6) is 1.05. The van der Waals surface area contributed by atoms with Gasteiger partial charge in [0.15, 0.2) is 0 Å². The van der Waals surface area contributed by atoms with E-state index in [4.69, 9.17) is 16.3 Å². The van der Waals surface area contributed by atoms with Crippen LogP contribution in [-0.2, 0) is 24.9 Å². The summed E-state index contributed by atoms with van der Waals surface area (Å²) >= 11 is 6.03. The minimum Gasteiger partial charge on any atom is -0.435 e. The van der Waals surface area contributed by atoms with Gasteiger partial charge >= 0.3 is 5.69 Å². The first-order valence-corrected chi connectivity index (χ1v) is 10.5. The summed E-state index contributed by atoms with van der Waals surface area (Å²) in [5, 5.41) is 3.85. The maximum absolute atomic E-state index is 13.3. The van der Waals surface area contributed by atoms with E-state index in [0.717, 1.165) is 11.1 Å². The molecular formula is C23H24ClN4O3+. The molecule has 1 aliphatic heterocycles. The van der Waals surface area contributed by atoms with Crippen molar-refractivity contribution in [1.82, 2.24) is 9.13 Å². The summed E-state index contributed by atoms with van der Waals surface area (Å²) in [6.45, 7) is 6.61. The molecule has 1 aromatic heterocycles. The molecule has 0 saturated heterocycles. The molecule has 0 radical (unpaired) electrons. The first-order chi connectivity index (χ1) is 14.9. The fourth-order valence-electron chi connectivity index (χ4n) is 3.70. The zero-order valence-electron chi connectivity index (χ0n) is 17.5. The number of benzene rings is 1. The Balaban J connectivity index is 1.79. The van der Waals surface area contributed by atoms with E-state index in [-0.39, 0.29) is 11.2 Å². The third-order valence-electron chi connectivity index (χ3n) is 5.22. The van der Waals surface area contributed by atoms with Gasteiger partial charge in [-0.3, -0.25) is 13.9 Å². The van der Waals surface area contributed by atoms with Gasteiger partial charge in [0.2, 0.25) is 5.76 Å². The van der Waals surface area contributed by atoms with Gasteiger partial charge in [0, 0.05) is 37.7 Å². The summed E-state index contributed by atoms with van der Waals surface area (Å²) in [6, 6.07) is 7.42. The van der Waals surface area contributed by atoms with Crippen LogP contribution in [0.25, 0.3) is 0 Å². The van der Waals surface area contributed by atoms with Crippen LogP contribution in [0.1, 0.15) is 18.9 Å². The Bertz CT molecular complexity index is 1190. The molecule has 1 aromatic carbocycles. The van der Waals surface area contributed by atoms with Gasteiger partial charge in [-0.1, -0.05) is 30.7 Å². The SMILES string of the molecule is C=C1C=C(OC2Nc3c(c(=O)n(CCC)c(=O)n3C)N2Cc2ccc(Cl)cc2)C=C[CH+]1. The van der Waals surface area contributed by atoms with Crippen LogP contribution in [0.3, 0.4) is 0 Å². The van der Waals surface area contributed by atoms with Crippen molar-refractivity contribution in [3.63, 3.8) is 0 Å². The summed E-state index contributed by atoms with van der Waals surface area (Å²) in [5.41, 5.74) is 1.48. The normalized spacial score (nSPS) is 17.1. The van der Waals surface area contributed by atoms with E-state index in [1.54, 1.807) is 19.2 Å². The van der Waals surface area contributed by atoms with E-state index in [1.807, 2.05) is 48.6 Å². The van der Waals surface area contributed by atoms with Crippen LogP contribution in [0.4, 0.5) is 11.5 Å². The monoisotopic (exact) mass is 439 g/mol. The molecule has 1 N–H and O–H groups in total. The van der Waals surface area contributed by atoms with Crippen molar-refractivity contribution < 1.29 is 4.74 Å². The van der Waals surface area contributed by atoms with E-state index in [0.29, 0.717) is 41.8 Å². The maximum Gasteiger partial charge on any atom is 0.332 e. The fraction of sp³-hybridized carbons (Fsp3) is 0.261. The van der Waals surface area contributed by atoms with E-state index in [2.05, 4.69) is 11.9 Å². The molecule has 0 amide bonds. The lowest BCUT2D eigenvalue weighted by atomic mass is 10.1. The molecule has 0 saturated carbocycles. The highest BCUT2D eigenvalue weighted by molar-refractivity contribution is 6.30. The first-order valence-electron chi connectivity index (χ1n) is 10.1. The van der Waals surface area contributed by atoms with Gasteiger partial charge in [-0.25, -0.2) is 4.79 Å². The van der Waals surface area contributed by atoms with Crippen LogP contribution >= 0.6 is 11.6 Å². The molecule has 0 bridgehead atoms. The zero-order chi connectivity index (χ0) is 22.1. The minimum atomic E-state index is -0.678. The van der Waals surface area contributed by atoms with Crippen molar-refractivity contribution in [2.45, 2.75) is 32.8 Å². The van der Waals surface area contributed by atoms with Crippen LogP contribution in [0, 0.1) is 6.42 Å². The minimum absolute atomic E-state index is 0.335. The highest BCUT2D eigenvalue weighted by Gasteiger charge is 2.37. The summed E-state index contributed by atoms with van der Waals surface area (Å²) in [4.78, 5) is 27.9. The zero-order valence-corrected chi connectivity index (χ0v) is 18.2. The Morgan fingerprint density at radius 3 is 2.68 bits per heavy atom. The standard InChI is InChI=1S/C23H23ClN4O3/c1-4-12-27-21(29)19-20(26(3)23(27)30)25-22(31-18-7-5-6-15(2)13-18)28(19)14-16-8-10-17(24)11-9-16/h5-11,13,22H,2,4,12,14H2,1,3H3/p+1. The number of allylic oxidation sites excluding steroid dienone is 4. The Morgan fingerprint density at radius 1 is 1.26 bits per heavy atom. The van der Waals surface area contributed by atoms with Gasteiger partial charge in [0.1, 0.15) is 11.5 Å². The Labute approximate surface area is 185 Å². The number of aromatic nitrogens is 2. The molecule has 160 valence electrons. The number of rotatable bonds is 6. The lowest BCUT2D eigenvalue weighted by molar-refractivity contribution is 0.147. The quantitative estimate of drug-likeness (QED) is 0.697. The van der Waals surface area contributed by atoms with Gasteiger partial charge in [-0.05, 0) is 30.7 Å². The van der Waals surface area contributed by atoms with Crippen molar-refractivity contribution in [1.29, 1.82) is 0 Å². The van der Waals surface area contributed by atoms with E-state index >= 15 is 0 Å². The van der Waals surface area contributed by atoms with Gasteiger partial charge in [-0.15, -0.1) is 0 Å². The smallest absolute Gasteiger partial charge is 0.332 e. The molecule has 1 aliphatic carbocycles. The Hall–Kier alpha value is -3.32. The highest BCUT2D eigenvalue weighted by atomic mass is 35.5. The molecule has 2 aromatic rings. The number of fused-ring (bicyclic) bond motifs is 1. The van der Waals surface area contributed by atoms with E-state index in [9.17, 15) is 9.59 Å². The second-order valence-corrected chi connectivity index (χ2v) is 7.95. The molecule has 0 fully saturated rings. The number of nitrogens with zero attached hydrogens (tertiary/aromatic N) is 3. The average molecular weight is 440 g/mol. The molecular weight excluding hydrogens is 416 g/mol. The van der Waals surface area contributed by atoms with Crippen LogP contribution in [0.5, 0.6) is 0 Å². The molecule has 4 rings (SSSR count). The average Bonchev–Trinajstić information content (AvgIpc) is 3.09. The fourth-order valence-corrected chi connectivity index (χ4v) is 3.82. The lowest BCUT2D eigenvalue weighted by Gasteiger charge is -2.26. The predicted octanol–water partition coefficient (Wildman–Crippen LogP) is 3.56. The Morgan fingerprint density at radius 2 is 2.00 bits per heavy atom. The Kier molecular flexibility index (Phi) is 5.69. The lowest BCUT2D eigenvalue weighted by Crippen LogP contribution is -2.42. The molecule has 7 nitrogen and oxygen atoms in total. The number of hydrogen-bond donors (Lipinski definition) is 1. The molecule has 8 heteroatoms. The van der Waals surface area contributed by atoms with Crippen molar-refractivity contribution in [3.8, 4) is 0 Å². The van der Waals surface area contributed by atoms with Crippen molar-refractivity contribution in [2.75, 3.05) is 10.2 Å². The van der Waals surface area contributed by atoms with E-state index < -0.39 is 6.35 Å². The predicted molar refractivity (Wildman–Crippen MR) is 123 cm³/mol. The van der Waals surface area contributed by atoms with Crippen molar-refractivity contribution in [2.24, 2.45) is 7.05 Å². The van der Waals surface area contributed by atoms with Gasteiger partial charge in [0.25, 0.3) is 11.9 Å². The first kappa shape index (κ1) is 20.9. The second kappa shape index (κ2) is 8.43. The molecule has 0 spiro atoms. The van der Waals surface area contributed by atoms with Crippen LogP contribution in [0.15, 0.2) is 70.0 Å².